The summed E-state index contributed by atoms with van der Waals surface area (Å²) in [6, 6.07) is 1.94. The maximum absolute atomic E-state index is 10.5. The summed E-state index contributed by atoms with van der Waals surface area (Å²) in [4.78, 5) is 17.1. The van der Waals surface area contributed by atoms with E-state index in [1.807, 2.05) is 20.0 Å². The first-order valence-corrected chi connectivity index (χ1v) is 7.26. The van der Waals surface area contributed by atoms with Crippen molar-refractivity contribution in [2.24, 2.45) is 0 Å². The zero-order chi connectivity index (χ0) is 15.2. The van der Waals surface area contributed by atoms with Crippen LogP contribution in [0, 0.1) is 6.92 Å². The van der Waals surface area contributed by atoms with Crippen molar-refractivity contribution < 1.29 is 14.6 Å². The smallest absolute Gasteiger partial charge is 0.328 e. The second-order valence-electron chi connectivity index (χ2n) is 5.45. The van der Waals surface area contributed by atoms with Crippen molar-refractivity contribution in [2.45, 2.75) is 32.3 Å². The standard InChI is InChI=1S/C16H22N2O3/c1-12-9-13(6-7-15(19)20)10-17-16(12)18(2)11-14-5-3-4-8-21-14/h6-7,9-10,14H,3-5,8,11H2,1-2H3,(H,19,20)/b7-6+. The van der Waals surface area contributed by atoms with Gasteiger partial charge in [-0.3, -0.25) is 0 Å². The number of carboxylic acids is 1. The first-order valence-electron chi connectivity index (χ1n) is 7.26. The maximum atomic E-state index is 10.5. The molecule has 1 saturated heterocycles. The third-order valence-corrected chi connectivity index (χ3v) is 3.60. The van der Waals surface area contributed by atoms with Crippen molar-refractivity contribution in [2.75, 3.05) is 25.1 Å². The van der Waals surface area contributed by atoms with E-state index >= 15 is 0 Å². The number of anilines is 1. The van der Waals surface area contributed by atoms with Gasteiger partial charge in [0.2, 0.25) is 0 Å². The van der Waals surface area contributed by atoms with Crippen LogP contribution in [0.25, 0.3) is 6.08 Å². The molecule has 1 aromatic rings. The number of carbonyl (C=O) groups is 1. The van der Waals surface area contributed by atoms with Crippen molar-refractivity contribution >= 4 is 17.9 Å². The molecule has 1 aliphatic heterocycles. The van der Waals surface area contributed by atoms with E-state index in [0.717, 1.165) is 49.0 Å². The molecule has 0 aromatic carbocycles. The molecule has 1 unspecified atom stereocenters. The van der Waals surface area contributed by atoms with Crippen molar-refractivity contribution in [1.82, 2.24) is 4.98 Å². The molecule has 0 amide bonds. The number of hydrogen-bond donors (Lipinski definition) is 1. The third-order valence-electron chi connectivity index (χ3n) is 3.60. The molecule has 0 bridgehead atoms. The minimum absolute atomic E-state index is 0.275. The van der Waals surface area contributed by atoms with Gasteiger partial charge < -0.3 is 14.7 Å². The lowest BCUT2D eigenvalue weighted by molar-refractivity contribution is -0.131. The highest BCUT2D eigenvalue weighted by Gasteiger charge is 2.17. The Morgan fingerprint density at radius 1 is 1.57 bits per heavy atom. The van der Waals surface area contributed by atoms with Gasteiger partial charge in [0.1, 0.15) is 5.82 Å². The summed E-state index contributed by atoms with van der Waals surface area (Å²) in [5.41, 5.74) is 1.82. The van der Waals surface area contributed by atoms with Gasteiger partial charge in [-0.1, -0.05) is 0 Å². The van der Waals surface area contributed by atoms with Gasteiger partial charge >= 0.3 is 5.97 Å². The molecule has 5 heteroatoms. The molecular formula is C16H22N2O3. The van der Waals surface area contributed by atoms with Gasteiger partial charge in [0.05, 0.1) is 6.10 Å². The molecule has 1 fully saturated rings. The molecule has 1 aromatic heterocycles. The second kappa shape index (κ2) is 7.22. The predicted octanol–water partition coefficient (Wildman–Crippen LogP) is 2.49. The number of hydrogen-bond acceptors (Lipinski definition) is 4. The summed E-state index contributed by atoms with van der Waals surface area (Å²) < 4.78 is 5.75. The fraction of sp³-hybridized carbons (Fsp3) is 0.500. The fourth-order valence-corrected chi connectivity index (χ4v) is 2.59. The Hall–Kier alpha value is -1.88. The minimum Gasteiger partial charge on any atom is -0.478 e. The zero-order valence-corrected chi connectivity index (χ0v) is 12.6. The van der Waals surface area contributed by atoms with Gasteiger partial charge in [-0.25, -0.2) is 9.78 Å². The van der Waals surface area contributed by atoms with Gasteiger partial charge in [-0.15, -0.1) is 0 Å². The number of aryl methyl sites for hydroxylation is 1. The summed E-state index contributed by atoms with van der Waals surface area (Å²) in [5, 5.41) is 8.64. The molecule has 0 aliphatic carbocycles. The van der Waals surface area contributed by atoms with Crippen molar-refractivity contribution in [1.29, 1.82) is 0 Å². The number of carboxylic acid groups (broad SMARTS) is 1. The predicted molar refractivity (Wildman–Crippen MR) is 82.5 cm³/mol. The monoisotopic (exact) mass is 290 g/mol. The molecule has 1 atom stereocenters. The Bertz CT molecular complexity index is 522. The summed E-state index contributed by atoms with van der Waals surface area (Å²) in [6.07, 6.45) is 8.12. The number of pyridine rings is 1. The fourth-order valence-electron chi connectivity index (χ4n) is 2.59. The molecule has 2 heterocycles. The summed E-state index contributed by atoms with van der Waals surface area (Å²) >= 11 is 0. The number of aromatic nitrogens is 1. The SMILES string of the molecule is Cc1cc(/C=C/C(=O)O)cnc1N(C)CC1CCCCO1. The highest BCUT2D eigenvalue weighted by atomic mass is 16.5. The average Bonchev–Trinajstić information content (AvgIpc) is 2.46. The van der Waals surface area contributed by atoms with Crippen LogP contribution in [0.5, 0.6) is 0 Å². The van der Waals surface area contributed by atoms with Crippen LogP contribution in [0.2, 0.25) is 0 Å². The van der Waals surface area contributed by atoms with E-state index in [2.05, 4.69) is 9.88 Å². The molecule has 114 valence electrons. The van der Waals surface area contributed by atoms with Crippen LogP contribution in [0.15, 0.2) is 18.3 Å². The van der Waals surface area contributed by atoms with Crippen LogP contribution in [0.1, 0.15) is 30.4 Å². The first-order chi connectivity index (χ1) is 10.1. The van der Waals surface area contributed by atoms with Crippen molar-refractivity contribution in [3.63, 3.8) is 0 Å². The number of rotatable bonds is 5. The van der Waals surface area contributed by atoms with Crippen LogP contribution >= 0.6 is 0 Å². The molecule has 2 rings (SSSR count). The highest BCUT2D eigenvalue weighted by molar-refractivity contribution is 5.85. The Morgan fingerprint density at radius 3 is 3.00 bits per heavy atom. The quantitative estimate of drug-likeness (QED) is 0.844. The lowest BCUT2D eigenvalue weighted by atomic mass is 10.1. The van der Waals surface area contributed by atoms with E-state index in [1.54, 1.807) is 12.3 Å². The van der Waals surface area contributed by atoms with E-state index in [1.165, 1.54) is 6.42 Å². The molecule has 5 nitrogen and oxygen atoms in total. The first kappa shape index (κ1) is 15.5. The maximum Gasteiger partial charge on any atom is 0.328 e. The number of aliphatic carboxylic acids is 1. The van der Waals surface area contributed by atoms with E-state index in [-0.39, 0.29) is 6.10 Å². The van der Waals surface area contributed by atoms with E-state index in [9.17, 15) is 4.79 Å². The number of nitrogens with zero attached hydrogens (tertiary/aromatic N) is 2. The normalized spacial score (nSPS) is 18.9. The minimum atomic E-state index is -0.955. The third kappa shape index (κ3) is 4.56. The van der Waals surface area contributed by atoms with Crippen LogP contribution in [0.3, 0.4) is 0 Å². The largest absolute Gasteiger partial charge is 0.478 e. The molecule has 0 saturated carbocycles. The van der Waals surface area contributed by atoms with Crippen molar-refractivity contribution in [3.05, 3.63) is 29.5 Å². The Morgan fingerprint density at radius 2 is 2.38 bits per heavy atom. The molecule has 1 aliphatic rings. The van der Waals surface area contributed by atoms with Gasteiger partial charge in [-0.05, 0) is 49.5 Å². The molecule has 1 N–H and O–H groups in total. The lowest BCUT2D eigenvalue weighted by Crippen LogP contribution is -2.34. The van der Waals surface area contributed by atoms with E-state index in [0.29, 0.717) is 0 Å². The van der Waals surface area contributed by atoms with E-state index < -0.39 is 5.97 Å². The molecule has 0 spiro atoms. The topological polar surface area (TPSA) is 62.7 Å². The molecule has 21 heavy (non-hydrogen) atoms. The highest BCUT2D eigenvalue weighted by Crippen LogP contribution is 2.20. The van der Waals surface area contributed by atoms with Crippen LogP contribution in [0.4, 0.5) is 5.82 Å². The van der Waals surface area contributed by atoms with Crippen molar-refractivity contribution in [3.8, 4) is 0 Å². The number of likely N-dealkylation sites (N-methyl/N-ethyl adjacent to an activating group) is 1. The van der Waals surface area contributed by atoms with Gasteiger partial charge in [0, 0.05) is 32.5 Å². The van der Waals surface area contributed by atoms with E-state index in [4.69, 9.17) is 9.84 Å². The van der Waals surface area contributed by atoms with Gasteiger partial charge in [0.25, 0.3) is 0 Å². The Labute approximate surface area is 125 Å². The summed E-state index contributed by atoms with van der Waals surface area (Å²) in [7, 11) is 2.01. The Kier molecular flexibility index (Phi) is 5.33. The van der Waals surface area contributed by atoms with Crippen LogP contribution < -0.4 is 4.90 Å². The second-order valence-corrected chi connectivity index (χ2v) is 5.45. The summed E-state index contributed by atoms with van der Waals surface area (Å²) in [5.74, 6) is -0.0417. The Balaban J connectivity index is 2.03. The average molecular weight is 290 g/mol. The number of ether oxygens (including phenoxy) is 1. The summed E-state index contributed by atoms with van der Waals surface area (Å²) in [6.45, 7) is 3.67. The van der Waals surface area contributed by atoms with Crippen LogP contribution in [-0.4, -0.2) is 42.4 Å². The molecular weight excluding hydrogens is 268 g/mol. The van der Waals surface area contributed by atoms with Crippen LogP contribution in [-0.2, 0) is 9.53 Å². The van der Waals surface area contributed by atoms with Gasteiger partial charge in [0.15, 0.2) is 0 Å². The van der Waals surface area contributed by atoms with Gasteiger partial charge in [-0.2, -0.15) is 0 Å². The lowest BCUT2D eigenvalue weighted by Gasteiger charge is -2.28. The zero-order valence-electron chi connectivity index (χ0n) is 12.6. The molecule has 0 radical (unpaired) electrons.